The van der Waals surface area contributed by atoms with E-state index in [1.165, 1.54) is 6.07 Å². The molecule has 1 rings (SSSR count). The highest BCUT2D eigenvalue weighted by molar-refractivity contribution is 6.30. The standard InChI is InChI=1S/C11H15ClFN/c1-11(2,3)10(14)7-5-4-6-8(12)9(7)13/h4-6,10H,14H2,1-3H3. The number of rotatable bonds is 1. The van der Waals surface area contributed by atoms with Gasteiger partial charge in [-0.25, -0.2) is 4.39 Å². The minimum absolute atomic E-state index is 0.127. The predicted octanol–water partition coefficient (Wildman–Crippen LogP) is 3.53. The van der Waals surface area contributed by atoms with E-state index >= 15 is 0 Å². The monoisotopic (exact) mass is 215 g/mol. The van der Waals surface area contributed by atoms with E-state index in [0.29, 0.717) is 5.56 Å². The van der Waals surface area contributed by atoms with Crippen LogP contribution >= 0.6 is 11.6 Å². The summed E-state index contributed by atoms with van der Waals surface area (Å²) in [6.45, 7) is 5.91. The number of benzene rings is 1. The van der Waals surface area contributed by atoms with Crippen molar-refractivity contribution < 1.29 is 4.39 Å². The fraction of sp³-hybridized carbons (Fsp3) is 0.455. The Bertz CT molecular complexity index is 331. The van der Waals surface area contributed by atoms with E-state index in [4.69, 9.17) is 17.3 Å². The van der Waals surface area contributed by atoms with Crippen LogP contribution in [0.15, 0.2) is 18.2 Å². The molecule has 1 aromatic carbocycles. The largest absolute Gasteiger partial charge is 0.323 e. The molecule has 1 unspecified atom stereocenters. The van der Waals surface area contributed by atoms with Crippen molar-refractivity contribution in [3.63, 3.8) is 0 Å². The van der Waals surface area contributed by atoms with Crippen LogP contribution in [-0.2, 0) is 0 Å². The number of hydrogen-bond acceptors (Lipinski definition) is 1. The normalized spacial score (nSPS) is 14.1. The van der Waals surface area contributed by atoms with E-state index in [-0.39, 0.29) is 16.5 Å². The molecule has 0 saturated heterocycles. The fourth-order valence-electron chi connectivity index (χ4n) is 1.23. The first-order valence-electron chi connectivity index (χ1n) is 4.53. The minimum atomic E-state index is -0.406. The van der Waals surface area contributed by atoms with E-state index in [1.807, 2.05) is 20.8 Å². The van der Waals surface area contributed by atoms with Crippen LogP contribution in [0, 0.1) is 11.2 Å². The third-order valence-electron chi connectivity index (χ3n) is 2.25. The molecule has 0 heterocycles. The first kappa shape index (κ1) is 11.5. The quantitative estimate of drug-likeness (QED) is 0.762. The van der Waals surface area contributed by atoms with Crippen molar-refractivity contribution in [2.45, 2.75) is 26.8 Å². The van der Waals surface area contributed by atoms with Gasteiger partial charge in [-0.1, -0.05) is 44.5 Å². The molecule has 0 aliphatic rings. The molecule has 0 aromatic heterocycles. The van der Waals surface area contributed by atoms with Gasteiger partial charge in [-0.15, -0.1) is 0 Å². The molecular formula is C11H15ClFN. The van der Waals surface area contributed by atoms with Gasteiger partial charge in [-0.05, 0) is 11.5 Å². The fourth-order valence-corrected chi connectivity index (χ4v) is 1.41. The molecule has 1 nitrogen and oxygen atoms in total. The Morgan fingerprint density at radius 3 is 2.43 bits per heavy atom. The summed E-state index contributed by atoms with van der Waals surface area (Å²) in [5, 5.41) is 0.127. The summed E-state index contributed by atoms with van der Waals surface area (Å²) in [4.78, 5) is 0. The summed E-state index contributed by atoms with van der Waals surface area (Å²) in [5.74, 6) is -0.406. The SMILES string of the molecule is CC(C)(C)C(N)c1cccc(Cl)c1F. The molecule has 0 aliphatic heterocycles. The summed E-state index contributed by atoms with van der Waals surface area (Å²) in [5.41, 5.74) is 6.24. The number of hydrogen-bond donors (Lipinski definition) is 1. The third-order valence-corrected chi connectivity index (χ3v) is 2.54. The average Bonchev–Trinajstić information content (AvgIpc) is 2.07. The first-order valence-corrected chi connectivity index (χ1v) is 4.91. The highest BCUT2D eigenvalue weighted by Gasteiger charge is 2.25. The second kappa shape index (κ2) is 3.87. The summed E-state index contributed by atoms with van der Waals surface area (Å²) < 4.78 is 13.6. The van der Waals surface area contributed by atoms with E-state index < -0.39 is 5.82 Å². The molecule has 2 N–H and O–H groups in total. The van der Waals surface area contributed by atoms with Crippen LogP contribution in [0.25, 0.3) is 0 Å². The molecule has 0 fully saturated rings. The van der Waals surface area contributed by atoms with Crippen molar-refractivity contribution in [3.05, 3.63) is 34.6 Å². The Labute approximate surface area is 89.1 Å². The first-order chi connectivity index (χ1) is 6.34. The summed E-state index contributed by atoms with van der Waals surface area (Å²) in [6.07, 6.45) is 0. The van der Waals surface area contributed by atoms with Crippen LogP contribution in [-0.4, -0.2) is 0 Å². The summed E-state index contributed by atoms with van der Waals surface area (Å²) in [6, 6.07) is 4.57. The van der Waals surface area contributed by atoms with Crippen LogP contribution in [0.4, 0.5) is 4.39 Å². The maximum Gasteiger partial charge on any atom is 0.146 e. The predicted molar refractivity (Wildman–Crippen MR) is 57.8 cm³/mol. The van der Waals surface area contributed by atoms with E-state index in [0.717, 1.165) is 0 Å². The highest BCUT2D eigenvalue weighted by Crippen LogP contribution is 2.33. The Hall–Kier alpha value is -0.600. The van der Waals surface area contributed by atoms with Gasteiger partial charge in [0.05, 0.1) is 5.02 Å². The van der Waals surface area contributed by atoms with Crippen molar-refractivity contribution in [3.8, 4) is 0 Å². The Morgan fingerprint density at radius 2 is 1.93 bits per heavy atom. The Kier molecular flexibility index (Phi) is 3.17. The maximum absolute atomic E-state index is 13.6. The zero-order valence-corrected chi connectivity index (χ0v) is 9.40. The lowest BCUT2D eigenvalue weighted by molar-refractivity contribution is 0.319. The second-order valence-corrected chi connectivity index (χ2v) is 4.89. The summed E-state index contributed by atoms with van der Waals surface area (Å²) in [7, 11) is 0. The number of nitrogens with two attached hydrogens (primary N) is 1. The van der Waals surface area contributed by atoms with Gasteiger partial charge in [-0.3, -0.25) is 0 Å². The van der Waals surface area contributed by atoms with Gasteiger partial charge in [0.1, 0.15) is 5.82 Å². The molecule has 78 valence electrons. The molecule has 0 saturated carbocycles. The van der Waals surface area contributed by atoms with Crippen molar-refractivity contribution in [2.75, 3.05) is 0 Å². The molecule has 1 atom stereocenters. The molecule has 0 amide bonds. The van der Waals surface area contributed by atoms with Gasteiger partial charge in [-0.2, -0.15) is 0 Å². The van der Waals surface area contributed by atoms with Crippen molar-refractivity contribution in [1.82, 2.24) is 0 Å². The third kappa shape index (κ3) is 2.25. The maximum atomic E-state index is 13.6. The Morgan fingerprint density at radius 1 is 1.36 bits per heavy atom. The van der Waals surface area contributed by atoms with Crippen molar-refractivity contribution >= 4 is 11.6 Å². The van der Waals surface area contributed by atoms with Crippen LogP contribution < -0.4 is 5.73 Å². The lowest BCUT2D eigenvalue weighted by Crippen LogP contribution is -2.27. The minimum Gasteiger partial charge on any atom is -0.323 e. The van der Waals surface area contributed by atoms with E-state index in [1.54, 1.807) is 12.1 Å². The molecule has 14 heavy (non-hydrogen) atoms. The number of halogens is 2. The van der Waals surface area contributed by atoms with Gasteiger partial charge >= 0.3 is 0 Å². The molecule has 3 heteroatoms. The second-order valence-electron chi connectivity index (χ2n) is 4.49. The Balaban J connectivity index is 3.14. The van der Waals surface area contributed by atoms with E-state index in [9.17, 15) is 4.39 Å². The molecular weight excluding hydrogens is 201 g/mol. The van der Waals surface area contributed by atoms with Gasteiger partial charge in [0.2, 0.25) is 0 Å². The van der Waals surface area contributed by atoms with Crippen LogP contribution in [0.2, 0.25) is 5.02 Å². The van der Waals surface area contributed by atoms with Crippen molar-refractivity contribution in [2.24, 2.45) is 11.1 Å². The van der Waals surface area contributed by atoms with Gasteiger partial charge in [0, 0.05) is 11.6 Å². The zero-order valence-electron chi connectivity index (χ0n) is 8.64. The van der Waals surface area contributed by atoms with Gasteiger partial charge in [0.25, 0.3) is 0 Å². The lowest BCUT2D eigenvalue weighted by atomic mass is 9.83. The zero-order chi connectivity index (χ0) is 10.9. The molecule has 0 aliphatic carbocycles. The van der Waals surface area contributed by atoms with Gasteiger partial charge < -0.3 is 5.73 Å². The van der Waals surface area contributed by atoms with Gasteiger partial charge in [0.15, 0.2) is 0 Å². The highest BCUT2D eigenvalue weighted by atomic mass is 35.5. The van der Waals surface area contributed by atoms with Crippen LogP contribution in [0.5, 0.6) is 0 Å². The topological polar surface area (TPSA) is 26.0 Å². The smallest absolute Gasteiger partial charge is 0.146 e. The molecule has 1 aromatic rings. The summed E-state index contributed by atoms with van der Waals surface area (Å²) >= 11 is 5.68. The molecule has 0 radical (unpaired) electrons. The van der Waals surface area contributed by atoms with Crippen LogP contribution in [0.3, 0.4) is 0 Å². The molecule has 0 bridgehead atoms. The van der Waals surface area contributed by atoms with Crippen LogP contribution in [0.1, 0.15) is 32.4 Å². The molecule has 0 spiro atoms. The van der Waals surface area contributed by atoms with Crippen molar-refractivity contribution in [1.29, 1.82) is 0 Å². The average molecular weight is 216 g/mol. The van der Waals surface area contributed by atoms with E-state index in [2.05, 4.69) is 0 Å². The lowest BCUT2D eigenvalue weighted by Gasteiger charge is -2.27.